The van der Waals surface area contributed by atoms with Crippen molar-refractivity contribution in [1.29, 1.82) is 0 Å². The minimum absolute atomic E-state index is 0.101. The van der Waals surface area contributed by atoms with E-state index >= 15 is 0 Å². The second-order valence-electron chi connectivity index (χ2n) is 4.62. The van der Waals surface area contributed by atoms with E-state index in [9.17, 15) is 4.79 Å². The molecular formula is C12H10Cl2N2O. The number of carbonyl (C=O) groups is 1. The molecular weight excluding hydrogens is 259 g/mol. The maximum Gasteiger partial charge on any atom is 0.241 e. The minimum atomic E-state index is -0.949. The van der Waals surface area contributed by atoms with Crippen molar-refractivity contribution in [3.05, 3.63) is 30.6 Å². The Balaban J connectivity index is 2.09. The van der Waals surface area contributed by atoms with E-state index in [1.165, 1.54) is 10.9 Å². The van der Waals surface area contributed by atoms with E-state index in [2.05, 4.69) is 4.98 Å². The molecule has 2 aromatic rings. The lowest BCUT2D eigenvalue weighted by Gasteiger charge is -2.11. The Hall–Kier alpha value is -1.06. The SMILES string of the molecule is CC1(C(=O)n2cnc3ccccc32)CC1(Cl)Cl. The van der Waals surface area contributed by atoms with Crippen LogP contribution in [0.15, 0.2) is 30.6 Å². The van der Waals surface area contributed by atoms with Gasteiger partial charge in [-0.15, -0.1) is 23.2 Å². The lowest BCUT2D eigenvalue weighted by atomic mass is 10.1. The lowest BCUT2D eigenvalue weighted by Crippen LogP contribution is -2.24. The van der Waals surface area contributed by atoms with Gasteiger partial charge >= 0.3 is 0 Å². The molecule has 1 fully saturated rings. The number of hydrogen-bond donors (Lipinski definition) is 0. The van der Waals surface area contributed by atoms with Crippen molar-refractivity contribution >= 4 is 40.1 Å². The molecule has 0 amide bonds. The van der Waals surface area contributed by atoms with Crippen LogP contribution >= 0.6 is 23.2 Å². The number of para-hydroxylation sites is 2. The van der Waals surface area contributed by atoms with Crippen molar-refractivity contribution in [2.24, 2.45) is 5.41 Å². The number of fused-ring (bicyclic) bond motifs is 1. The minimum Gasteiger partial charge on any atom is -0.273 e. The first kappa shape index (κ1) is 11.1. The molecule has 0 spiro atoms. The number of hydrogen-bond acceptors (Lipinski definition) is 2. The summed E-state index contributed by atoms with van der Waals surface area (Å²) >= 11 is 12.0. The first-order chi connectivity index (χ1) is 7.96. The summed E-state index contributed by atoms with van der Waals surface area (Å²) in [4.78, 5) is 16.6. The maximum atomic E-state index is 12.4. The maximum absolute atomic E-state index is 12.4. The third kappa shape index (κ3) is 1.42. The van der Waals surface area contributed by atoms with E-state index in [0.717, 1.165) is 11.0 Å². The molecule has 1 unspecified atom stereocenters. The molecule has 1 aliphatic rings. The van der Waals surface area contributed by atoms with Gasteiger partial charge in [0.25, 0.3) is 0 Å². The first-order valence-electron chi connectivity index (χ1n) is 5.30. The normalized spacial score (nSPS) is 26.1. The second kappa shape index (κ2) is 3.24. The van der Waals surface area contributed by atoms with E-state index in [0.29, 0.717) is 6.42 Å². The summed E-state index contributed by atoms with van der Waals surface area (Å²) in [7, 11) is 0. The Bertz CT molecular complexity index is 620. The molecule has 0 N–H and O–H groups in total. The zero-order valence-corrected chi connectivity index (χ0v) is 10.7. The van der Waals surface area contributed by atoms with Crippen LogP contribution in [0.1, 0.15) is 18.1 Å². The summed E-state index contributed by atoms with van der Waals surface area (Å²) in [6.07, 6.45) is 2.01. The molecule has 0 bridgehead atoms. The number of aromatic nitrogens is 2. The van der Waals surface area contributed by atoms with Crippen molar-refractivity contribution in [2.75, 3.05) is 0 Å². The molecule has 0 saturated heterocycles. The first-order valence-corrected chi connectivity index (χ1v) is 6.06. The summed E-state index contributed by atoms with van der Waals surface area (Å²) in [5.41, 5.74) is 0.870. The van der Waals surface area contributed by atoms with Gasteiger partial charge in [0.15, 0.2) is 0 Å². The number of halogens is 2. The van der Waals surface area contributed by atoms with Crippen LogP contribution in [0.4, 0.5) is 0 Å². The molecule has 1 atom stereocenters. The fourth-order valence-corrected chi connectivity index (χ4v) is 2.71. The topological polar surface area (TPSA) is 34.9 Å². The summed E-state index contributed by atoms with van der Waals surface area (Å²) in [5, 5.41) is 0. The standard InChI is InChI=1S/C12H10Cl2N2O/c1-11(6-12(11,13)14)10(17)16-7-15-8-4-2-3-5-9(8)16/h2-5,7H,6H2,1H3. The van der Waals surface area contributed by atoms with Gasteiger partial charge in [0.2, 0.25) is 5.91 Å². The Kier molecular flexibility index (Phi) is 2.11. The number of rotatable bonds is 1. The molecule has 88 valence electrons. The van der Waals surface area contributed by atoms with Crippen LogP contribution in [0.2, 0.25) is 0 Å². The van der Waals surface area contributed by atoms with Crippen molar-refractivity contribution in [3.8, 4) is 0 Å². The quantitative estimate of drug-likeness (QED) is 0.745. The van der Waals surface area contributed by atoms with E-state index in [1.807, 2.05) is 24.3 Å². The van der Waals surface area contributed by atoms with E-state index < -0.39 is 9.75 Å². The molecule has 3 nitrogen and oxygen atoms in total. The van der Waals surface area contributed by atoms with E-state index in [1.54, 1.807) is 6.92 Å². The van der Waals surface area contributed by atoms with Crippen LogP contribution in [0.5, 0.6) is 0 Å². The highest BCUT2D eigenvalue weighted by molar-refractivity contribution is 6.53. The highest BCUT2D eigenvalue weighted by Gasteiger charge is 2.68. The Morgan fingerprint density at radius 1 is 1.41 bits per heavy atom. The van der Waals surface area contributed by atoms with Gasteiger partial charge in [-0.1, -0.05) is 12.1 Å². The van der Waals surface area contributed by atoms with Gasteiger partial charge in [0, 0.05) is 0 Å². The Morgan fingerprint density at radius 2 is 2.06 bits per heavy atom. The zero-order valence-electron chi connectivity index (χ0n) is 9.15. The predicted octanol–water partition coefficient (Wildman–Crippen LogP) is 3.26. The van der Waals surface area contributed by atoms with Crippen molar-refractivity contribution in [3.63, 3.8) is 0 Å². The van der Waals surface area contributed by atoms with Gasteiger partial charge in [0.1, 0.15) is 10.7 Å². The molecule has 0 radical (unpaired) electrons. The van der Waals surface area contributed by atoms with Crippen LogP contribution < -0.4 is 0 Å². The molecule has 1 heterocycles. The molecule has 0 aliphatic heterocycles. The van der Waals surface area contributed by atoms with Gasteiger partial charge in [-0.05, 0) is 25.5 Å². The Morgan fingerprint density at radius 3 is 2.71 bits per heavy atom. The van der Waals surface area contributed by atoms with Crippen LogP contribution in [0.25, 0.3) is 11.0 Å². The molecule has 1 saturated carbocycles. The highest BCUT2D eigenvalue weighted by atomic mass is 35.5. The lowest BCUT2D eigenvalue weighted by molar-refractivity contribution is 0.0829. The van der Waals surface area contributed by atoms with E-state index in [4.69, 9.17) is 23.2 Å². The fraction of sp³-hybridized carbons (Fsp3) is 0.333. The van der Waals surface area contributed by atoms with Gasteiger partial charge in [-0.25, -0.2) is 4.98 Å². The number of benzene rings is 1. The second-order valence-corrected chi connectivity index (χ2v) is 6.11. The Labute approximate surface area is 108 Å². The average molecular weight is 269 g/mol. The van der Waals surface area contributed by atoms with Crippen LogP contribution in [0.3, 0.4) is 0 Å². The molecule has 1 aromatic heterocycles. The van der Waals surface area contributed by atoms with Gasteiger partial charge < -0.3 is 0 Å². The number of carbonyl (C=O) groups excluding carboxylic acids is 1. The van der Waals surface area contributed by atoms with E-state index in [-0.39, 0.29) is 5.91 Å². The van der Waals surface area contributed by atoms with Crippen LogP contribution in [-0.2, 0) is 0 Å². The molecule has 1 aliphatic carbocycles. The zero-order chi connectivity index (χ0) is 12.3. The summed E-state index contributed by atoms with van der Waals surface area (Å²) in [6, 6.07) is 7.48. The summed E-state index contributed by atoms with van der Waals surface area (Å²) < 4.78 is 0.581. The third-order valence-electron chi connectivity index (χ3n) is 3.40. The number of alkyl halides is 2. The summed E-state index contributed by atoms with van der Waals surface area (Å²) in [5.74, 6) is -0.101. The molecule has 1 aromatic carbocycles. The highest BCUT2D eigenvalue weighted by Crippen LogP contribution is 2.64. The predicted molar refractivity (Wildman–Crippen MR) is 67.5 cm³/mol. The number of nitrogens with zero attached hydrogens (tertiary/aromatic N) is 2. The molecule has 5 heteroatoms. The van der Waals surface area contributed by atoms with Gasteiger partial charge in [0.05, 0.1) is 16.4 Å². The molecule has 3 rings (SSSR count). The largest absolute Gasteiger partial charge is 0.273 e. The van der Waals surface area contributed by atoms with Crippen molar-refractivity contribution < 1.29 is 4.79 Å². The van der Waals surface area contributed by atoms with Crippen LogP contribution in [0, 0.1) is 5.41 Å². The third-order valence-corrected chi connectivity index (χ3v) is 4.50. The van der Waals surface area contributed by atoms with Crippen LogP contribution in [-0.4, -0.2) is 19.8 Å². The molecule has 17 heavy (non-hydrogen) atoms. The fourth-order valence-electron chi connectivity index (χ4n) is 2.02. The monoisotopic (exact) mass is 268 g/mol. The number of imidazole rings is 1. The van der Waals surface area contributed by atoms with Gasteiger partial charge in [-0.2, -0.15) is 0 Å². The van der Waals surface area contributed by atoms with Crippen molar-refractivity contribution in [1.82, 2.24) is 9.55 Å². The van der Waals surface area contributed by atoms with Crippen molar-refractivity contribution in [2.45, 2.75) is 17.7 Å². The smallest absolute Gasteiger partial charge is 0.241 e. The van der Waals surface area contributed by atoms with Gasteiger partial charge in [-0.3, -0.25) is 9.36 Å². The average Bonchev–Trinajstić information content (AvgIpc) is 2.67. The summed E-state index contributed by atoms with van der Waals surface area (Å²) in [6.45, 7) is 1.78.